The molecule has 2 rings (SSSR count). The molecule has 19 heavy (non-hydrogen) atoms. The van der Waals surface area contributed by atoms with Crippen molar-refractivity contribution in [3.05, 3.63) is 0 Å². The zero-order chi connectivity index (χ0) is 14.0. The number of nitrogens with zero attached hydrogens (tertiary/aromatic N) is 1. The molecule has 6 heteroatoms. The second kappa shape index (κ2) is 5.79. The second-order valence-electron chi connectivity index (χ2n) is 6.06. The van der Waals surface area contributed by atoms with E-state index < -0.39 is 16.0 Å². The number of aliphatic carboxylic acids is 1. The summed E-state index contributed by atoms with van der Waals surface area (Å²) in [4.78, 5) is 10.8. The minimum absolute atomic E-state index is 0.0384. The van der Waals surface area contributed by atoms with Gasteiger partial charge in [-0.3, -0.25) is 4.79 Å². The number of carboxylic acids is 1. The Kier molecular flexibility index (Phi) is 4.50. The lowest BCUT2D eigenvalue weighted by atomic mass is 9.85. The first-order valence-corrected chi connectivity index (χ1v) is 8.69. The van der Waals surface area contributed by atoms with Gasteiger partial charge in [0.2, 0.25) is 10.0 Å². The number of carboxylic acid groups (broad SMARTS) is 1. The van der Waals surface area contributed by atoms with Crippen molar-refractivity contribution in [3.63, 3.8) is 0 Å². The van der Waals surface area contributed by atoms with E-state index in [2.05, 4.69) is 0 Å². The van der Waals surface area contributed by atoms with Gasteiger partial charge in [0.05, 0.1) is 5.75 Å². The molecule has 1 N–H and O–H groups in total. The van der Waals surface area contributed by atoms with Crippen LogP contribution in [0.25, 0.3) is 0 Å². The first-order chi connectivity index (χ1) is 8.88. The molecule has 0 aromatic carbocycles. The molecule has 1 heterocycles. The van der Waals surface area contributed by atoms with E-state index in [1.165, 1.54) is 0 Å². The predicted octanol–water partition coefficient (Wildman–Crippen LogP) is 1.55. The first kappa shape index (κ1) is 14.8. The van der Waals surface area contributed by atoms with Crippen molar-refractivity contribution in [1.82, 2.24) is 4.31 Å². The minimum Gasteiger partial charge on any atom is -0.481 e. The zero-order valence-electron chi connectivity index (χ0n) is 11.4. The number of hydrogen-bond donors (Lipinski definition) is 1. The van der Waals surface area contributed by atoms with Crippen molar-refractivity contribution >= 4 is 16.0 Å². The molecule has 2 fully saturated rings. The maximum absolute atomic E-state index is 12.2. The summed E-state index contributed by atoms with van der Waals surface area (Å²) in [6, 6.07) is 0. The highest BCUT2D eigenvalue weighted by molar-refractivity contribution is 7.89. The summed E-state index contributed by atoms with van der Waals surface area (Å²) in [6.45, 7) is 3.02. The van der Waals surface area contributed by atoms with Crippen LogP contribution in [0.4, 0.5) is 0 Å². The second-order valence-corrected chi connectivity index (χ2v) is 8.07. The highest BCUT2D eigenvalue weighted by Gasteiger charge is 2.35. The summed E-state index contributed by atoms with van der Waals surface area (Å²) in [6.07, 6.45) is 3.97. The van der Waals surface area contributed by atoms with Gasteiger partial charge >= 0.3 is 5.97 Å². The molecule has 0 aromatic heterocycles. The third-order valence-corrected chi connectivity index (χ3v) is 6.27. The van der Waals surface area contributed by atoms with Crippen LogP contribution in [0, 0.1) is 17.8 Å². The maximum atomic E-state index is 12.2. The molecule has 1 saturated carbocycles. The molecule has 0 spiro atoms. The standard InChI is InChI=1S/C13H23NO4S/c1-10(7-13(15)16)12-3-2-6-14(8-12)19(17,18)9-11-4-5-11/h10-12H,2-9H2,1H3,(H,15,16). The lowest BCUT2D eigenvalue weighted by Crippen LogP contribution is -2.43. The molecule has 110 valence electrons. The fourth-order valence-corrected chi connectivity index (χ4v) is 4.79. The largest absolute Gasteiger partial charge is 0.481 e. The van der Waals surface area contributed by atoms with E-state index >= 15 is 0 Å². The highest BCUT2D eigenvalue weighted by atomic mass is 32.2. The van der Waals surface area contributed by atoms with E-state index in [0.717, 1.165) is 25.7 Å². The van der Waals surface area contributed by atoms with Crippen molar-refractivity contribution in [1.29, 1.82) is 0 Å². The first-order valence-electron chi connectivity index (χ1n) is 7.08. The Labute approximate surface area is 115 Å². The van der Waals surface area contributed by atoms with E-state index in [1.807, 2.05) is 6.92 Å². The Hall–Kier alpha value is -0.620. The van der Waals surface area contributed by atoms with E-state index in [4.69, 9.17) is 5.11 Å². The fourth-order valence-electron chi connectivity index (χ4n) is 2.82. The van der Waals surface area contributed by atoms with Gasteiger partial charge in [-0.2, -0.15) is 0 Å². The molecular formula is C13H23NO4S. The molecule has 0 bridgehead atoms. The summed E-state index contributed by atoms with van der Waals surface area (Å²) < 4.78 is 26.1. The fraction of sp³-hybridized carbons (Fsp3) is 0.923. The van der Waals surface area contributed by atoms with Gasteiger partial charge < -0.3 is 5.11 Å². The minimum atomic E-state index is -3.13. The van der Waals surface area contributed by atoms with E-state index in [1.54, 1.807) is 4.31 Å². The molecule has 1 saturated heterocycles. The summed E-state index contributed by atoms with van der Waals surface area (Å²) in [7, 11) is -3.13. The molecule has 2 atom stereocenters. The van der Waals surface area contributed by atoms with Gasteiger partial charge in [0, 0.05) is 19.5 Å². The van der Waals surface area contributed by atoms with Crippen LogP contribution in [0.3, 0.4) is 0 Å². The van der Waals surface area contributed by atoms with Crippen LogP contribution in [0.2, 0.25) is 0 Å². The summed E-state index contributed by atoms with van der Waals surface area (Å²) >= 11 is 0. The van der Waals surface area contributed by atoms with Gasteiger partial charge in [-0.1, -0.05) is 6.92 Å². The van der Waals surface area contributed by atoms with Gasteiger partial charge in [-0.05, 0) is 43.4 Å². The van der Waals surface area contributed by atoms with Gasteiger partial charge in [0.25, 0.3) is 0 Å². The molecular weight excluding hydrogens is 266 g/mol. The van der Waals surface area contributed by atoms with Gasteiger partial charge in [-0.25, -0.2) is 12.7 Å². The van der Waals surface area contributed by atoms with Crippen molar-refractivity contribution in [2.24, 2.45) is 17.8 Å². The van der Waals surface area contributed by atoms with Gasteiger partial charge in [0.15, 0.2) is 0 Å². The van der Waals surface area contributed by atoms with Crippen LogP contribution in [0.15, 0.2) is 0 Å². The monoisotopic (exact) mass is 289 g/mol. The van der Waals surface area contributed by atoms with E-state index in [0.29, 0.717) is 19.0 Å². The third kappa shape index (κ3) is 4.18. The van der Waals surface area contributed by atoms with Crippen LogP contribution in [-0.2, 0) is 14.8 Å². The van der Waals surface area contributed by atoms with E-state index in [9.17, 15) is 13.2 Å². The van der Waals surface area contributed by atoms with Crippen molar-refractivity contribution in [2.75, 3.05) is 18.8 Å². The summed E-state index contributed by atoms with van der Waals surface area (Å²) in [5.74, 6) is 0.0649. The lowest BCUT2D eigenvalue weighted by Gasteiger charge is -2.34. The quantitative estimate of drug-likeness (QED) is 0.805. The molecule has 0 radical (unpaired) electrons. The third-order valence-electron chi connectivity index (χ3n) is 4.26. The number of piperidine rings is 1. The predicted molar refractivity (Wildman–Crippen MR) is 72.2 cm³/mol. The zero-order valence-corrected chi connectivity index (χ0v) is 12.2. The van der Waals surface area contributed by atoms with Crippen LogP contribution in [0.1, 0.15) is 39.0 Å². The molecule has 0 amide bonds. The number of hydrogen-bond acceptors (Lipinski definition) is 3. The Morgan fingerprint density at radius 3 is 2.63 bits per heavy atom. The van der Waals surface area contributed by atoms with E-state index in [-0.39, 0.29) is 24.0 Å². The van der Waals surface area contributed by atoms with Crippen molar-refractivity contribution < 1.29 is 18.3 Å². The molecule has 2 aliphatic rings. The number of rotatable bonds is 6. The molecule has 1 aliphatic carbocycles. The average molecular weight is 289 g/mol. The Morgan fingerprint density at radius 2 is 2.05 bits per heavy atom. The van der Waals surface area contributed by atoms with Gasteiger partial charge in [0.1, 0.15) is 0 Å². The molecule has 1 aliphatic heterocycles. The summed E-state index contributed by atoms with van der Waals surface area (Å²) in [5.41, 5.74) is 0. The Balaban J connectivity index is 1.94. The van der Waals surface area contributed by atoms with Crippen molar-refractivity contribution in [3.8, 4) is 0 Å². The normalized spacial score (nSPS) is 27.1. The SMILES string of the molecule is CC(CC(=O)O)C1CCCN(S(=O)(=O)CC2CC2)C1. The van der Waals surface area contributed by atoms with Crippen LogP contribution in [0.5, 0.6) is 0 Å². The topological polar surface area (TPSA) is 74.7 Å². The number of sulfonamides is 1. The van der Waals surface area contributed by atoms with Crippen molar-refractivity contribution in [2.45, 2.75) is 39.0 Å². The lowest BCUT2D eigenvalue weighted by molar-refractivity contribution is -0.138. The maximum Gasteiger partial charge on any atom is 0.303 e. The average Bonchev–Trinajstić information content (AvgIpc) is 3.11. The molecule has 0 aromatic rings. The Bertz CT molecular complexity index is 430. The summed E-state index contributed by atoms with van der Waals surface area (Å²) in [5, 5.41) is 8.84. The number of carbonyl (C=O) groups is 1. The molecule has 5 nitrogen and oxygen atoms in total. The van der Waals surface area contributed by atoms with Crippen LogP contribution < -0.4 is 0 Å². The highest BCUT2D eigenvalue weighted by Crippen LogP contribution is 2.33. The van der Waals surface area contributed by atoms with Crippen LogP contribution in [-0.4, -0.2) is 42.6 Å². The molecule has 2 unspecified atom stereocenters. The Morgan fingerprint density at radius 1 is 1.37 bits per heavy atom. The smallest absolute Gasteiger partial charge is 0.303 e. The van der Waals surface area contributed by atoms with Crippen LogP contribution >= 0.6 is 0 Å². The van der Waals surface area contributed by atoms with Gasteiger partial charge in [-0.15, -0.1) is 0 Å².